The van der Waals surface area contributed by atoms with Gasteiger partial charge in [-0.15, -0.1) is 0 Å². The maximum atomic E-state index is 12.4. The van der Waals surface area contributed by atoms with Gasteiger partial charge in [0.05, 0.1) is 10.6 Å². The standard InChI is InChI=1S/C21H31BrN4O5Si/c1-14-18(26(28)29)19(25(24-14)13-30-10-11-32(5,6)7)16-12-15(22)8-9-17(16)23-20(27)31-21(2,3)4/h8-9,12H,10-11,13H2,1-7H3,(H,23,27). The minimum atomic E-state index is -1.28. The van der Waals surface area contributed by atoms with Crippen molar-refractivity contribution in [2.24, 2.45) is 0 Å². The number of hydrogen-bond acceptors (Lipinski definition) is 6. The Morgan fingerprint density at radius 3 is 2.53 bits per heavy atom. The molecule has 11 heteroatoms. The number of aryl methyl sites for hydroxylation is 1. The van der Waals surface area contributed by atoms with Crippen molar-refractivity contribution in [2.45, 2.75) is 65.7 Å². The lowest BCUT2D eigenvalue weighted by molar-refractivity contribution is -0.384. The number of nitrogens with zero attached hydrogens (tertiary/aromatic N) is 3. The summed E-state index contributed by atoms with van der Waals surface area (Å²) in [6.45, 7) is 14.2. The summed E-state index contributed by atoms with van der Waals surface area (Å²) < 4.78 is 13.3. The molecule has 0 radical (unpaired) electrons. The third-order valence-electron chi connectivity index (χ3n) is 4.36. The van der Waals surface area contributed by atoms with Crippen LogP contribution in [0.15, 0.2) is 22.7 Å². The first-order valence-corrected chi connectivity index (χ1v) is 14.8. The lowest BCUT2D eigenvalue weighted by Gasteiger charge is -2.20. The van der Waals surface area contributed by atoms with Gasteiger partial charge in [-0.3, -0.25) is 15.4 Å². The molecule has 1 amide bonds. The number of nitrogens with one attached hydrogen (secondary N) is 1. The molecule has 1 heterocycles. The van der Waals surface area contributed by atoms with Crippen LogP contribution in [0.25, 0.3) is 11.3 Å². The highest BCUT2D eigenvalue weighted by molar-refractivity contribution is 9.10. The maximum Gasteiger partial charge on any atom is 0.412 e. The van der Waals surface area contributed by atoms with E-state index >= 15 is 0 Å². The van der Waals surface area contributed by atoms with E-state index in [4.69, 9.17) is 9.47 Å². The second kappa shape index (κ2) is 10.1. The van der Waals surface area contributed by atoms with Crippen LogP contribution in [0.1, 0.15) is 26.5 Å². The van der Waals surface area contributed by atoms with Crippen LogP contribution in [-0.2, 0) is 16.2 Å². The van der Waals surface area contributed by atoms with Crippen LogP contribution >= 0.6 is 15.9 Å². The Labute approximate surface area is 197 Å². The molecule has 2 rings (SSSR count). The number of nitro groups is 1. The Hall–Kier alpha value is -2.24. The molecule has 0 spiro atoms. The second-order valence-corrected chi connectivity index (χ2v) is 16.2. The number of benzene rings is 1. The van der Waals surface area contributed by atoms with Crippen molar-refractivity contribution in [1.29, 1.82) is 0 Å². The number of ether oxygens (including phenoxy) is 2. The Balaban J connectivity index is 2.47. The van der Waals surface area contributed by atoms with Gasteiger partial charge in [-0.2, -0.15) is 5.10 Å². The molecule has 176 valence electrons. The van der Waals surface area contributed by atoms with E-state index in [1.54, 1.807) is 45.9 Å². The van der Waals surface area contributed by atoms with E-state index in [1.807, 2.05) is 0 Å². The molecule has 0 aliphatic heterocycles. The zero-order valence-electron chi connectivity index (χ0n) is 19.6. The fraction of sp³-hybridized carbons (Fsp3) is 0.524. The normalized spacial score (nSPS) is 12.0. The van der Waals surface area contributed by atoms with E-state index in [9.17, 15) is 14.9 Å². The summed E-state index contributed by atoms with van der Waals surface area (Å²) in [7, 11) is -1.28. The van der Waals surface area contributed by atoms with E-state index in [1.165, 1.54) is 4.68 Å². The summed E-state index contributed by atoms with van der Waals surface area (Å²) in [6.07, 6.45) is -0.655. The molecule has 0 aliphatic carbocycles. The van der Waals surface area contributed by atoms with Crippen LogP contribution in [0.2, 0.25) is 25.7 Å². The van der Waals surface area contributed by atoms with Crippen LogP contribution in [0.3, 0.4) is 0 Å². The Morgan fingerprint density at radius 2 is 1.97 bits per heavy atom. The van der Waals surface area contributed by atoms with Crippen LogP contribution in [0.4, 0.5) is 16.2 Å². The van der Waals surface area contributed by atoms with E-state index in [0.717, 1.165) is 6.04 Å². The first kappa shape index (κ1) is 26.0. The topological polar surface area (TPSA) is 109 Å². The first-order chi connectivity index (χ1) is 14.7. The lowest BCUT2D eigenvalue weighted by Crippen LogP contribution is -2.27. The summed E-state index contributed by atoms with van der Waals surface area (Å²) in [6, 6.07) is 6.06. The first-order valence-electron chi connectivity index (χ1n) is 10.3. The van der Waals surface area contributed by atoms with Gasteiger partial charge in [0.15, 0.2) is 5.69 Å². The van der Waals surface area contributed by atoms with Crippen LogP contribution in [0, 0.1) is 17.0 Å². The molecule has 0 bridgehead atoms. The number of amides is 1. The molecule has 0 atom stereocenters. The summed E-state index contributed by atoms with van der Waals surface area (Å²) >= 11 is 3.42. The highest BCUT2D eigenvalue weighted by atomic mass is 79.9. The van der Waals surface area contributed by atoms with E-state index in [0.29, 0.717) is 22.3 Å². The van der Waals surface area contributed by atoms with Crippen molar-refractivity contribution in [3.05, 3.63) is 38.5 Å². The van der Waals surface area contributed by atoms with E-state index < -0.39 is 24.7 Å². The largest absolute Gasteiger partial charge is 0.444 e. The highest BCUT2D eigenvalue weighted by Crippen LogP contribution is 2.39. The van der Waals surface area contributed by atoms with E-state index in [-0.39, 0.29) is 23.8 Å². The lowest BCUT2D eigenvalue weighted by atomic mass is 10.1. The number of halogens is 1. The fourth-order valence-electron chi connectivity index (χ4n) is 2.91. The average Bonchev–Trinajstić information content (AvgIpc) is 2.94. The van der Waals surface area contributed by atoms with Crippen LogP contribution in [-0.4, -0.2) is 41.1 Å². The molecule has 0 saturated carbocycles. The molecule has 0 aliphatic rings. The molecule has 0 fully saturated rings. The quantitative estimate of drug-likeness (QED) is 0.190. The summed E-state index contributed by atoms with van der Waals surface area (Å²) in [5, 5.41) is 18.9. The van der Waals surface area contributed by atoms with Crippen molar-refractivity contribution in [3.63, 3.8) is 0 Å². The van der Waals surface area contributed by atoms with Gasteiger partial charge in [-0.05, 0) is 51.9 Å². The fourth-order valence-corrected chi connectivity index (χ4v) is 4.03. The zero-order valence-corrected chi connectivity index (χ0v) is 22.2. The third kappa shape index (κ3) is 7.42. The molecule has 1 N–H and O–H groups in total. The summed E-state index contributed by atoms with van der Waals surface area (Å²) in [4.78, 5) is 23.8. The molecule has 32 heavy (non-hydrogen) atoms. The van der Waals surface area contributed by atoms with Gasteiger partial charge in [0.1, 0.15) is 18.0 Å². The monoisotopic (exact) mass is 526 g/mol. The number of carbonyl (C=O) groups excluding carboxylic acids is 1. The Bertz CT molecular complexity index is 995. The van der Waals surface area contributed by atoms with Gasteiger partial charge < -0.3 is 9.47 Å². The number of rotatable bonds is 8. The summed E-state index contributed by atoms with van der Waals surface area (Å²) in [5.41, 5.74) is 0.507. The second-order valence-electron chi connectivity index (χ2n) is 9.70. The molecule has 0 saturated heterocycles. The molecular weight excluding hydrogens is 496 g/mol. The maximum absolute atomic E-state index is 12.4. The highest BCUT2D eigenvalue weighted by Gasteiger charge is 2.29. The number of aromatic nitrogens is 2. The van der Waals surface area contributed by atoms with Crippen molar-refractivity contribution in [3.8, 4) is 11.3 Å². The van der Waals surface area contributed by atoms with Crippen molar-refractivity contribution < 1.29 is 19.2 Å². The van der Waals surface area contributed by atoms with Crippen LogP contribution < -0.4 is 5.32 Å². The third-order valence-corrected chi connectivity index (χ3v) is 6.56. The molecule has 1 aromatic heterocycles. The molecule has 0 unspecified atom stereocenters. The molecule has 1 aromatic carbocycles. The smallest absolute Gasteiger partial charge is 0.412 e. The van der Waals surface area contributed by atoms with Gasteiger partial charge in [0.2, 0.25) is 0 Å². The zero-order chi connectivity index (χ0) is 24.3. The predicted octanol–water partition coefficient (Wildman–Crippen LogP) is 6.19. The number of carbonyl (C=O) groups is 1. The predicted molar refractivity (Wildman–Crippen MR) is 131 cm³/mol. The minimum absolute atomic E-state index is 0.0624. The van der Waals surface area contributed by atoms with Gasteiger partial charge in [0.25, 0.3) is 0 Å². The van der Waals surface area contributed by atoms with Crippen molar-refractivity contribution in [1.82, 2.24) is 9.78 Å². The van der Waals surface area contributed by atoms with Gasteiger partial charge in [0, 0.05) is 24.7 Å². The van der Waals surface area contributed by atoms with Gasteiger partial charge in [-0.25, -0.2) is 9.48 Å². The molecule has 2 aromatic rings. The van der Waals surface area contributed by atoms with Crippen LogP contribution in [0.5, 0.6) is 0 Å². The molecule has 9 nitrogen and oxygen atoms in total. The van der Waals surface area contributed by atoms with Gasteiger partial charge >= 0.3 is 11.8 Å². The van der Waals surface area contributed by atoms with Gasteiger partial charge in [-0.1, -0.05) is 35.6 Å². The summed E-state index contributed by atoms with van der Waals surface area (Å²) in [5.74, 6) is 0. The molecular formula is C21H31BrN4O5Si. The SMILES string of the molecule is Cc1nn(COCC[Si](C)(C)C)c(-c2cc(Br)ccc2NC(=O)OC(C)(C)C)c1[N+](=O)[O-]. The number of anilines is 1. The van der Waals surface area contributed by atoms with Crippen molar-refractivity contribution in [2.75, 3.05) is 11.9 Å². The minimum Gasteiger partial charge on any atom is -0.444 e. The van der Waals surface area contributed by atoms with Crippen molar-refractivity contribution >= 4 is 41.5 Å². The van der Waals surface area contributed by atoms with E-state index in [2.05, 4.69) is 46.0 Å². The Morgan fingerprint density at radius 1 is 1.31 bits per heavy atom. The average molecular weight is 527 g/mol. The Kier molecular flexibility index (Phi) is 8.24. The number of hydrogen-bond donors (Lipinski definition) is 1.